The third kappa shape index (κ3) is 3.48. The second-order valence-electron chi connectivity index (χ2n) is 5.12. The number of rotatable bonds is 5. The first-order valence-corrected chi connectivity index (χ1v) is 8.66. The first kappa shape index (κ1) is 15.1. The molecule has 0 radical (unpaired) electrons. The van der Waals surface area contributed by atoms with E-state index < -0.39 is 0 Å². The number of thioether (sulfide) groups is 1. The molecule has 1 aromatic carbocycles. The average molecular weight is 332 g/mol. The number of H-pyrrole nitrogens is 1. The van der Waals surface area contributed by atoms with Crippen LogP contribution in [0.2, 0.25) is 0 Å². The molecule has 1 amide bonds. The van der Waals surface area contributed by atoms with Crippen molar-refractivity contribution in [3.8, 4) is 0 Å². The number of aromatic amines is 1. The average Bonchev–Trinajstić information content (AvgIpc) is 3.06. The van der Waals surface area contributed by atoms with Gasteiger partial charge in [-0.15, -0.1) is 10.2 Å². The van der Waals surface area contributed by atoms with E-state index in [0.717, 1.165) is 20.8 Å². The van der Waals surface area contributed by atoms with Crippen LogP contribution in [-0.2, 0) is 11.2 Å². The molecule has 5 nitrogen and oxygen atoms in total. The molecule has 7 heteroatoms. The molecule has 0 saturated heterocycles. The van der Waals surface area contributed by atoms with E-state index in [-0.39, 0.29) is 5.91 Å². The molecule has 114 valence electrons. The number of hydrogen-bond donors (Lipinski definition) is 2. The largest absolute Gasteiger partial charge is 0.361 e. The minimum atomic E-state index is -0.0815. The topological polar surface area (TPSA) is 70.7 Å². The number of para-hydroxylation sites is 1. The van der Waals surface area contributed by atoms with Gasteiger partial charge in [0.2, 0.25) is 11.0 Å². The highest BCUT2D eigenvalue weighted by atomic mass is 32.2. The minimum absolute atomic E-state index is 0.0815. The van der Waals surface area contributed by atoms with Crippen LogP contribution in [0.1, 0.15) is 19.4 Å². The van der Waals surface area contributed by atoms with Crippen LogP contribution in [0, 0.1) is 0 Å². The highest BCUT2D eigenvalue weighted by Crippen LogP contribution is 2.28. The van der Waals surface area contributed by atoms with Gasteiger partial charge in [-0.2, -0.15) is 0 Å². The summed E-state index contributed by atoms with van der Waals surface area (Å²) >= 11 is 3.05. The summed E-state index contributed by atoms with van der Waals surface area (Å²) < 4.78 is 0.873. The molecule has 0 bridgehead atoms. The lowest BCUT2D eigenvalue weighted by atomic mass is 10.1. The van der Waals surface area contributed by atoms with Gasteiger partial charge in [-0.25, -0.2) is 0 Å². The van der Waals surface area contributed by atoms with E-state index >= 15 is 0 Å². The van der Waals surface area contributed by atoms with Crippen molar-refractivity contribution in [3.63, 3.8) is 0 Å². The number of fused-ring (bicyclic) bond motifs is 1. The molecule has 3 rings (SSSR count). The quantitative estimate of drug-likeness (QED) is 0.552. The van der Waals surface area contributed by atoms with E-state index in [1.54, 1.807) is 11.8 Å². The number of anilines is 1. The highest BCUT2D eigenvalue weighted by Gasteiger charge is 2.12. The highest BCUT2D eigenvalue weighted by molar-refractivity contribution is 8.01. The Bertz CT molecular complexity index is 794. The molecule has 0 spiro atoms. The third-order valence-electron chi connectivity index (χ3n) is 3.02. The number of benzene rings is 1. The normalized spacial score (nSPS) is 11.2. The van der Waals surface area contributed by atoms with Gasteiger partial charge < -0.3 is 10.3 Å². The van der Waals surface area contributed by atoms with E-state index in [0.29, 0.717) is 16.8 Å². The number of hydrogen-bond acceptors (Lipinski definition) is 5. The molecule has 2 heterocycles. The third-order valence-corrected chi connectivity index (χ3v) is 4.94. The zero-order chi connectivity index (χ0) is 15.5. The lowest BCUT2D eigenvalue weighted by Crippen LogP contribution is -2.14. The van der Waals surface area contributed by atoms with E-state index in [1.807, 2.05) is 30.5 Å². The van der Waals surface area contributed by atoms with Crippen LogP contribution in [0.3, 0.4) is 0 Å². The fourth-order valence-corrected chi connectivity index (χ4v) is 4.12. The van der Waals surface area contributed by atoms with Crippen LogP contribution < -0.4 is 5.32 Å². The molecule has 0 saturated carbocycles. The van der Waals surface area contributed by atoms with E-state index in [9.17, 15) is 4.79 Å². The SMILES string of the molecule is CC(C)Sc1nnc(NC(=O)Cc2c[nH]c3ccccc23)s1. The van der Waals surface area contributed by atoms with Crippen LogP contribution in [0.4, 0.5) is 5.13 Å². The fourth-order valence-electron chi connectivity index (χ4n) is 2.12. The summed E-state index contributed by atoms with van der Waals surface area (Å²) in [5.41, 5.74) is 2.02. The molecule has 0 fully saturated rings. The van der Waals surface area contributed by atoms with Crippen molar-refractivity contribution in [3.05, 3.63) is 36.0 Å². The Morgan fingerprint density at radius 1 is 1.36 bits per heavy atom. The van der Waals surface area contributed by atoms with Gasteiger partial charge in [-0.1, -0.05) is 55.1 Å². The van der Waals surface area contributed by atoms with Gasteiger partial charge in [0.25, 0.3) is 0 Å². The zero-order valence-electron chi connectivity index (χ0n) is 12.3. The van der Waals surface area contributed by atoms with Gasteiger partial charge >= 0.3 is 0 Å². The number of nitrogens with zero attached hydrogens (tertiary/aromatic N) is 2. The van der Waals surface area contributed by atoms with Crippen LogP contribution in [0.15, 0.2) is 34.8 Å². The predicted molar refractivity (Wildman–Crippen MR) is 91.5 cm³/mol. The summed E-state index contributed by atoms with van der Waals surface area (Å²) in [5.74, 6) is -0.0815. The Morgan fingerprint density at radius 2 is 2.18 bits per heavy atom. The maximum absolute atomic E-state index is 12.2. The van der Waals surface area contributed by atoms with E-state index in [2.05, 4.69) is 34.3 Å². The zero-order valence-corrected chi connectivity index (χ0v) is 13.9. The number of carbonyl (C=O) groups excluding carboxylic acids is 1. The van der Waals surface area contributed by atoms with Crippen molar-refractivity contribution >= 4 is 45.0 Å². The Hall–Kier alpha value is -1.86. The molecule has 0 atom stereocenters. The lowest BCUT2D eigenvalue weighted by molar-refractivity contribution is -0.115. The van der Waals surface area contributed by atoms with Gasteiger partial charge in [0, 0.05) is 22.3 Å². The summed E-state index contributed by atoms with van der Waals surface area (Å²) in [7, 11) is 0. The maximum Gasteiger partial charge on any atom is 0.230 e. The van der Waals surface area contributed by atoms with Crippen molar-refractivity contribution in [2.75, 3.05) is 5.32 Å². The Labute approximate surface area is 136 Å². The first-order valence-electron chi connectivity index (χ1n) is 6.97. The maximum atomic E-state index is 12.2. The first-order chi connectivity index (χ1) is 10.6. The summed E-state index contributed by atoms with van der Waals surface area (Å²) in [6.07, 6.45) is 2.20. The van der Waals surface area contributed by atoms with Crippen molar-refractivity contribution in [2.24, 2.45) is 0 Å². The van der Waals surface area contributed by atoms with Gasteiger partial charge in [0.15, 0.2) is 4.34 Å². The number of amides is 1. The molecular weight excluding hydrogens is 316 g/mol. The van der Waals surface area contributed by atoms with E-state index in [1.165, 1.54) is 11.3 Å². The summed E-state index contributed by atoms with van der Waals surface area (Å²) in [6.45, 7) is 4.20. The Morgan fingerprint density at radius 3 is 3.00 bits per heavy atom. The number of nitrogens with one attached hydrogen (secondary N) is 2. The lowest BCUT2D eigenvalue weighted by Gasteiger charge is -2.00. The molecule has 3 aromatic rings. The van der Waals surface area contributed by atoms with Crippen LogP contribution in [0.25, 0.3) is 10.9 Å². The molecule has 0 aliphatic heterocycles. The van der Waals surface area contributed by atoms with Crippen LogP contribution in [0.5, 0.6) is 0 Å². The van der Waals surface area contributed by atoms with Crippen molar-refractivity contribution in [1.82, 2.24) is 15.2 Å². The monoisotopic (exact) mass is 332 g/mol. The van der Waals surface area contributed by atoms with Gasteiger partial charge in [0.05, 0.1) is 6.42 Å². The summed E-state index contributed by atoms with van der Waals surface area (Å²) in [6, 6.07) is 7.95. The van der Waals surface area contributed by atoms with Gasteiger partial charge in [0.1, 0.15) is 0 Å². The molecular formula is C15H16N4OS2. The van der Waals surface area contributed by atoms with Gasteiger partial charge in [-0.05, 0) is 11.6 Å². The molecule has 0 aliphatic rings. The Balaban J connectivity index is 1.66. The van der Waals surface area contributed by atoms with Gasteiger partial charge in [-0.3, -0.25) is 4.79 Å². The summed E-state index contributed by atoms with van der Waals surface area (Å²) in [4.78, 5) is 15.3. The molecule has 22 heavy (non-hydrogen) atoms. The fraction of sp³-hybridized carbons (Fsp3) is 0.267. The van der Waals surface area contributed by atoms with Crippen LogP contribution in [-0.4, -0.2) is 26.3 Å². The number of carbonyl (C=O) groups is 1. The predicted octanol–water partition coefficient (Wildman–Crippen LogP) is 3.70. The summed E-state index contributed by atoms with van der Waals surface area (Å²) in [5, 5.41) is 13.0. The second kappa shape index (κ2) is 6.50. The van der Waals surface area contributed by atoms with E-state index in [4.69, 9.17) is 0 Å². The smallest absolute Gasteiger partial charge is 0.230 e. The van der Waals surface area contributed by atoms with Crippen molar-refractivity contribution in [1.29, 1.82) is 0 Å². The van der Waals surface area contributed by atoms with Crippen molar-refractivity contribution in [2.45, 2.75) is 29.9 Å². The van der Waals surface area contributed by atoms with Crippen molar-refractivity contribution < 1.29 is 4.79 Å². The second-order valence-corrected chi connectivity index (χ2v) is 7.93. The molecule has 0 aliphatic carbocycles. The molecule has 0 unspecified atom stereocenters. The standard InChI is InChI=1S/C15H16N4OS2/c1-9(2)21-15-19-18-14(22-15)17-13(20)7-10-8-16-12-6-4-3-5-11(10)12/h3-6,8-9,16H,7H2,1-2H3,(H,17,18,20). The minimum Gasteiger partial charge on any atom is -0.361 e. The number of aromatic nitrogens is 3. The van der Waals surface area contributed by atoms with Crippen LogP contribution >= 0.6 is 23.1 Å². The molecule has 2 N–H and O–H groups in total. The Kier molecular flexibility index (Phi) is 4.44. The molecule has 2 aromatic heterocycles.